The first-order valence-corrected chi connectivity index (χ1v) is 8.99. The van der Waals surface area contributed by atoms with Gasteiger partial charge in [0.25, 0.3) is 0 Å². The molecule has 0 bridgehead atoms. The number of hydrogen-bond donors (Lipinski definition) is 0. The predicted molar refractivity (Wildman–Crippen MR) is 91.4 cm³/mol. The molecule has 0 spiro atoms. The minimum absolute atomic E-state index is 0.00943. The molecule has 132 valence electrons. The van der Waals surface area contributed by atoms with Crippen LogP contribution in [0.5, 0.6) is 0 Å². The number of benzene rings is 1. The third-order valence-corrected chi connectivity index (χ3v) is 5.74. The number of nitrogens with zero attached hydrogens (tertiary/aromatic N) is 3. The maximum atomic E-state index is 13.1. The number of amides is 3. The molecule has 1 saturated carbocycles. The second-order valence-electron chi connectivity index (χ2n) is 7.26. The monoisotopic (exact) mass is 341 g/mol. The molecule has 0 radical (unpaired) electrons. The normalized spacial score (nSPS) is 21.5. The fraction of sp³-hybridized carbons (Fsp3) is 0.526. The molecule has 1 aromatic rings. The molecule has 3 amide bonds. The molecule has 0 N–H and O–H groups in total. The van der Waals surface area contributed by atoms with Crippen molar-refractivity contribution in [1.82, 2.24) is 14.7 Å². The van der Waals surface area contributed by atoms with Crippen LogP contribution in [0.3, 0.4) is 0 Å². The molecular weight excluding hydrogens is 318 g/mol. The van der Waals surface area contributed by atoms with Gasteiger partial charge in [0.05, 0.1) is 0 Å². The van der Waals surface area contributed by atoms with Gasteiger partial charge in [-0.15, -0.1) is 0 Å². The molecule has 6 heteroatoms. The van der Waals surface area contributed by atoms with E-state index >= 15 is 0 Å². The lowest BCUT2D eigenvalue weighted by molar-refractivity contribution is -0.151. The van der Waals surface area contributed by atoms with Crippen molar-refractivity contribution >= 4 is 18.2 Å². The lowest BCUT2D eigenvalue weighted by Crippen LogP contribution is -2.53. The van der Waals surface area contributed by atoms with Crippen LogP contribution in [0.2, 0.25) is 0 Å². The summed E-state index contributed by atoms with van der Waals surface area (Å²) >= 11 is 0. The van der Waals surface area contributed by atoms with Gasteiger partial charge >= 0.3 is 0 Å². The molecule has 1 saturated heterocycles. The third-order valence-electron chi connectivity index (χ3n) is 5.74. The Bertz CT molecular complexity index is 706. The van der Waals surface area contributed by atoms with E-state index in [0.717, 1.165) is 12.8 Å². The van der Waals surface area contributed by atoms with E-state index in [1.165, 1.54) is 11.1 Å². The van der Waals surface area contributed by atoms with Crippen LogP contribution < -0.4 is 0 Å². The first-order chi connectivity index (χ1) is 12.1. The minimum atomic E-state index is -0.838. The van der Waals surface area contributed by atoms with Crippen molar-refractivity contribution in [2.45, 2.75) is 25.8 Å². The summed E-state index contributed by atoms with van der Waals surface area (Å²) in [6, 6.07) is 8.20. The Morgan fingerprint density at radius 1 is 0.880 bits per heavy atom. The maximum Gasteiger partial charge on any atom is 0.238 e. The highest BCUT2D eigenvalue weighted by molar-refractivity contribution is 6.08. The molecule has 25 heavy (non-hydrogen) atoms. The van der Waals surface area contributed by atoms with Gasteiger partial charge in [0.2, 0.25) is 18.2 Å². The van der Waals surface area contributed by atoms with Crippen LogP contribution in [-0.2, 0) is 27.3 Å². The summed E-state index contributed by atoms with van der Waals surface area (Å²) in [7, 11) is 0. The standard InChI is InChI=1S/C19H23N3O3/c23-14-20-9-11-21(12-10-20)17(24)19(6-7-19)18(25)22-8-5-15-3-1-2-4-16(15)13-22/h1-4,14H,5-13H2. The molecule has 1 aliphatic carbocycles. The molecular formula is C19H23N3O3. The van der Waals surface area contributed by atoms with Crippen molar-refractivity contribution in [2.24, 2.45) is 5.41 Å². The van der Waals surface area contributed by atoms with Crippen molar-refractivity contribution in [3.8, 4) is 0 Å². The molecule has 2 heterocycles. The Balaban J connectivity index is 1.45. The fourth-order valence-corrected chi connectivity index (χ4v) is 3.95. The smallest absolute Gasteiger partial charge is 0.238 e. The quantitative estimate of drug-likeness (QED) is 0.599. The third kappa shape index (κ3) is 2.79. The summed E-state index contributed by atoms with van der Waals surface area (Å²) < 4.78 is 0. The number of carbonyl (C=O) groups excluding carboxylic acids is 3. The average Bonchev–Trinajstić information content (AvgIpc) is 3.48. The van der Waals surface area contributed by atoms with Crippen molar-refractivity contribution < 1.29 is 14.4 Å². The summed E-state index contributed by atoms with van der Waals surface area (Å²) in [5.41, 5.74) is 1.65. The molecule has 2 fully saturated rings. The van der Waals surface area contributed by atoms with Crippen molar-refractivity contribution in [2.75, 3.05) is 32.7 Å². The molecule has 4 rings (SSSR count). The van der Waals surface area contributed by atoms with Crippen LogP contribution in [0.1, 0.15) is 24.0 Å². The van der Waals surface area contributed by atoms with Crippen LogP contribution in [0.15, 0.2) is 24.3 Å². The molecule has 0 unspecified atom stereocenters. The first-order valence-electron chi connectivity index (χ1n) is 8.99. The Morgan fingerprint density at radius 3 is 2.16 bits per heavy atom. The van der Waals surface area contributed by atoms with E-state index in [-0.39, 0.29) is 11.8 Å². The van der Waals surface area contributed by atoms with Crippen molar-refractivity contribution in [3.05, 3.63) is 35.4 Å². The van der Waals surface area contributed by atoms with Gasteiger partial charge in [0.15, 0.2) is 0 Å². The number of fused-ring (bicyclic) bond motifs is 1. The van der Waals surface area contributed by atoms with E-state index in [9.17, 15) is 14.4 Å². The SMILES string of the molecule is O=CN1CCN(C(=O)C2(C(=O)N3CCc4ccccc4C3)CC2)CC1. The van der Waals surface area contributed by atoms with Crippen molar-refractivity contribution in [1.29, 1.82) is 0 Å². The van der Waals surface area contributed by atoms with Crippen LogP contribution in [0, 0.1) is 5.41 Å². The Labute approximate surface area is 147 Å². The van der Waals surface area contributed by atoms with E-state index in [1.54, 1.807) is 9.80 Å². The van der Waals surface area contributed by atoms with Gasteiger partial charge in [-0.1, -0.05) is 24.3 Å². The van der Waals surface area contributed by atoms with E-state index in [1.807, 2.05) is 17.0 Å². The number of rotatable bonds is 3. The van der Waals surface area contributed by atoms with Crippen LogP contribution in [0.25, 0.3) is 0 Å². The summed E-state index contributed by atoms with van der Waals surface area (Å²) in [5.74, 6) is -0.0493. The molecule has 0 atom stereocenters. The van der Waals surface area contributed by atoms with Gasteiger partial charge in [-0.25, -0.2) is 0 Å². The lowest BCUT2D eigenvalue weighted by Gasteiger charge is -2.36. The minimum Gasteiger partial charge on any atom is -0.342 e. The van der Waals surface area contributed by atoms with Gasteiger partial charge in [0, 0.05) is 39.3 Å². The van der Waals surface area contributed by atoms with Gasteiger partial charge < -0.3 is 14.7 Å². The largest absolute Gasteiger partial charge is 0.342 e. The van der Waals surface area contributed by atoms with Crippen molar-refractivity contribution in [3.63, 3.8) is 0 Å². The lowest BCUT2D eigenvalue weighted by atomic mass is 9.96. The van der Waals surface area contributed by atoms with E-state index < -0.39 is 5.41 Å². The summed E-state index contributed by atoms with van der Waals surface area (Å²) in [6.45, 7) is 3.44. The summed E-state index contributed by atoms with van der Waals surface area (Å²) in [4.78, 5) is 42.2. The Morgan fingerprint density at radius 2 is 1.52 bits per heavy atom. The average molecular weight is 341 g/mol. The van der Waals surface area contributed by atoms with E-state index in [0.29, 0.717) is 52.1 Å². The molecule has 0 aromatic heterocycles. The zero-order valence-corrected chi connectivity index (χ0v) is 14.3. The second-order valence-corrected chi connectivity index (χ2v) is 7.26. The van der Waals surface area contributed by atoms with Crippen LogP contribution in [-0.4, -0.2) is 65.6 Å². The molecule has 2 aliphatic heterocycles. The van der Waals surface area contributed by atoms with Crippen LogP contribution in [0.4, 0.5) is 0 Å². The number of hydrogen-bond acceptors (Lipinski definition) is 3. The topological polar surface area (TPSA) is 60.9 Å². The predicted octanol–water partition coefficient (Wildman–Crippen LogP) is 0.652. The highest BCUT2D eigenvalue weighted by atomic mass is 16.2. The first kappa shape index (κ1) is 16.1. The Kier molecular flexibility index (Phi) is 3.98. The summed E-state index contributed by atoms with van der Waals surface area (Å²) in [5, 5.41) is 0. The molecule has 3 aliphatic rings. The highest BCUT2D eigenvalue weighted by Gasteiger charge is 2.59. The van der Waals surface area contributed by atoms with E-state index in [4.69, 9.17) is 0 Å². The second kappa shape index (κ2) is 6.17. The molecule has 6 nitrogen and oxygen atoms in total. The number of piperazine rings is 1. The summed E-state index contributed by atoms with van der Waals surface area (Å²) in [6.07, 6.45) is 2.97. The van der Waals surface area contributed by atoms with Gasteiger partial charge in [-0.05, 0) is 30.4 Å². The van der Waals surface area contributed by atoms with Gasteiger partial charge in [-0.2, -0.15) is 0 Å². The Hall–Kier alpha value is -2.37. The fourth-order valence-electron chi connectivity index (χ4n) is 3.95. The number of carbonyl (C=O) groups is 3. The zero-order valence-electron chi connectivity index (χ0n) is 14.3. The zero-order chi connectivity index (χ0) is 17.4. The van der Waals surface area contributed by atoms with E-state index in [2.05, 4.69) is 12.1 Å². The maximum absolute atomic E-state index is 13.1. The van der Waals surface area contributed by atoms with Crippen LogP contribution >= 0.6 is 0 Å². The highest BCUT2D eigenvalue weighted by Crippen LogP contribution is 2.49. The van der Waals surface area contributed by atoms with Gasteiger partial charge in [0.1, 0.15) is 5.41 Å². The van der Waals surface area contributed by atoms with Gasteiger partial charge in [-0.3, -0.25) is 14.4 Å². The molecule has 1 aromatic carbocycles.